The van der Waals surface area contributed by atoms with Crippen molar-refractivity contribution in [2.75, 3.05) is 4.90 Å². The molecule has 6 aliphatic rings. The summed E-state index contributed by atoms with van der Waals surface area (Å²) >= 11 is 1.91. The van der Waals surface area contributed by atoms with Crippen molar-refractivity contribution in [1.29, 1.82) is 0 Å². The average molecular weight is 932 g/mol. The van der Waals surface area contributed by atoms with E-state index in [0.717, 1.165) is 0 Å². The van der Waals surface area contributed by atoms with Gasteiger partial charge in [-0.3, -0.25) is 0 Å². The first kappa shape index (κ1) is 38.6. The molecular formula is C68H41NSSi. The van der Waals surface area contributed by atoms with Gasteiger partial charge in [0.05, 0.1) is 22.2 Å². The molecular weight excluding hydrogens is 891 g/mol. The van der Waals surface area contributed by atoms with E-state index in [1.54, 1.807) is 0 Å². The number of rotatable bonds is 1. The van der Waals surface area contributed by atoms with Gasteiger partial charge in [0.15, 0.2) is 8.07 Å². The van der Waals surface area contributed by atoms with Crippen LogP contribution in [-0.2, 0) is 10.8 Å². The summed E-state index contributed by atoms with van der Waals surface area (Å²) in [6.07, 6.45) is 0. The molecule has 0 amide bonds. The summed E-state index contributed by atoms with van der Waals surface area (Å²) in [4.78, 5) is 5.28. The Bertz CT molecular complexity index is 4050. The minimum Gasteiger partial charge on any atom is -0.310 e. The summed E-state index contributed by atoms with van der Waals surface area (Å²) in [7, 11) is -2.76. The molecule has 4 aliphatic heterocycles. The van der Waals surface area contributed by atoms with E-state index in [2.05, 4.69) is 254 Å². The van der Waals surface area contributed by atoms with Gasteiger partial charge in [-0.05, 0) is 152 Å². The fourth-order valence-corrected chi connectivity index (χ4v) is 21.8. The Morgan fingerprint density at radius 3 is 1.23 bits per heavy atom. The normalized spacial score (nSPS) is 15.9. The minimum atomic E-state index is -2.76. The maximum absolute atomic E-state index is 2.76. The Kier molecular flexibility index (Phi) is 7.37. The van der Waals surface area contributed by atoms with E-state index in [0.29, 0.717) is 0 Å². The number of benzene rings is 11. The Hall–Kier alpha value is -8.21. The van der Waals surface area contributed by atoms with Crippen molar-refractivity contribution in [3.8, 4) is 44.5 Å². The van der Waals surface area contributed by atoms with Crippen LogP contribution in [0.2, 0.25) is 0 Å². The van der Waals surface area contributed by atoms with E-state index >= 15 is 0 Å². The van der Waals surface area contributed by atoms with Crippen LogP contribution in [0, 0.1) is 0 Å². The van der Waals surface area contributed by atoms with Crippen molar-refractivity contribution in [2.45, 2.75) is 20.6 Å². The third-order valence-corrected chi connectivity index (χ3v) is 23.5. The number of hydrogen-bond donors (Lipinski definition) is 0. The molecule has 0 saturated heterocycles. The second-order valence-corrected chi connectivity index (χ2v) is 24.9. The molecule has 0 saturated carbocycles. The van der Waals surface area contributed by atoms with Crippen molar-refractivity contribution in [1.82, 2.24) is 0 Å². The summed E-state index contributed by atoms with van der Waals surface area (Å²) < 4.78 is 0. The lowest BCUT2D eigenvalue weighted by Crippen LogP contribution is -2.70. The maximum Gasteiger partial charge on any atom is 0.182 e. The molecule has 2 aliphatic carbocycles. The fraction of sp³-hybridized carbons (Fsp3) is 0.0294. The van der Waals surface area contributed by atoms with Gasteiger partial charge in [0.1, 0.15) is 0 Å². The van der Waals surface area contributed by atoms with Crippen molar-refractivity contribution < 1.29 is 0 Å². The molecule has 1 nitrogen and oxygen atoms in total. The molecule has 11 aromatic carbocycles. The van der Waals surface area contributed by atoms with Gasteiger partial charge in [-0.15, -0.1) is 0 Å². The lowest BCUT2D eigenvalue weighted by atomic mass is 9.61. The minimum absolute atomic E-state index is 0.504. The molecule has 0 radical (unpaired) electrons. The highest BCUT2D eigenvalue weighted by atomic mass is 32.2. The summed E-state index contributed by atoms with van der Waals surface area (Å²) in [5.41, 5.74) is 24.0. The predicted molar refractivity (Wildman–Crippen MR) is 295 cm³/mol. The molecule has 17 rings (SSSR count). The average Bonchev–Trinajstić information content (AvgIpc) is 4.13. The Balaban J connectivity index is 1.03. The quantitative estimate of drug-likeness (QED) is 0.151. The van der Waals surface area contributed by atoms with Crippen LogP contribution >= 0.6 is 11.8 Å². The van der Waals surface area contributed by atoms with E-state index in [4.69, 9.17) is 0 Å². The van der Waals surface area contributed by atoms with E-state index in [1.165, 1.54) is 137 Å². The van der Waals surface area contributed by atoms with E-state index in [9.17, 15) is 0 Å². The highest BCUT2D eigenvalue weighted by molar-refractivity contribution is 7.99. The van der Waals surface area contributed by atoms with Crippen LogP contribution in [0.4, 0.5) is 17.1 Å². The number of fused-ring (bicyclic) bond motifs is 28. The van der Waals surface area contributed by atoms with Crippen LogP contribution in [0.25, 0.3) is 44.5 Å². The van der Waals surface area contributed by atoms with Crippen molar-refractivity contribution >= 4 is 57.6 Å². The zero-order valence-electron chi connectivity index (χ0n) is 38.5. The first-order chi connectivity index (χ1) is 35.2. The van der Waals surface area contributed by atoms with Gasteiger partial charge < -0.3 is 4.90 Å². The molecule has 328 valence electrons. The maximum atomic E-state index is 2.67. The van der Waals surface area contributed by atoms with Gasteiger partial charge in [0.25, 0.3) is 0 Å². The lowest BCUT2D eigenvalue weighted by molar-refractivity contribution is 0.690. The van der Waals surface area contributed by atoms with Crippen LogP contribution in [0.3, 0.4) is 0 Å². The van der Waals surface area contributed by atoms with Crippen molar-refractivity contribution in [2.24, 2.45) is 0 Å². The smallest absolute Gasteiger partial charge is 0.182 e. The highest BCUT2D eigenvalue weighted by Crippen LogP contribution is 2.68. The van der Waals surface area contributed by atoms with Crippen LogP contribution in [0.5, 0.6) is 0 Å². The predicted octanol–water partition coefficient (Wildman–Crippen LogP) is 14.0. The molecule has 0 bridgehead atoms. The third-order valence-electron chi connectivity index (χ3n) is 17.3. The zero-order valence-corrected chi connectivity index (χ0v) is 40.3. The Labute approximate surface area is 418 Å². The lowest BCUT2D eigenvalue weighted by Gasteiger charge is -2.49. The first-order valence-electron chi connectivity index (χ1n) is 24.9. The molecule has 3 spiro atoms. The zero-order chi connectivity index (χ0) is 46.2. The van der Waals surface area contributed by atoms with Crippen molar-refractivity contribution in [3.63, 3.8) is 0 Å². The van der Waals surface area contributed by atoms with E-state index in [-0.39, 0.29) is 0 Å². The second-order valence-electron chi connectivity index (χ2n) is 20.1. The van der Waals surface area contributed by atoms with Gasteiger partial charge >= 0.3 is 0 Å². The molecule has 0 aromatic heterocycles. The second kappa shape index (κ2) is 13.6. The van der Waals surface area contributed by atoms with Gasteiger partial charge in [-0.2, -0.15) is 0 Å². The summed E-state index contributed by atoms with van der Waals surface area (Å²) in [5.74, 6) is 0. The number of anilines is 3. The van der Waals surface area contributed by atoms with Crippen LogP contribution in [-0.4, -0.2) is 8.07 Å². The van der Waals surface area contributed by atoms with Gasteiger partial charge in [0, 0.05) is 15.5 Å². The summed E-state index contributed by atoms with van der Waals surface area (Å²) in [5, 5.41) is 5.95. The van der Waals surface area contributed by atoms with E-state index in [1.807, 2.05) is 11.8 Å². The molecule has 71 heavy (non-hydrogen) atoms. The topological polar surface area (TPSA) is 3.24 Å². The summed E-state index contributed by atoms with van der Waals surface area (Å²) in [6, 6.07) is 96.3. The van der Waals surface area contributed by atoms with Crippen LogP contribution in [0.15, 0.2) is 259 Å². The molecule has 0 unspecified atom stereocenters. The van der Waals surface area contributed by atoms with Crippen LogP contribution in [0.1, 0.15) is 44.5 Å². The van der Waals surface area contributed by atoms with Crippen LogP contribution < -0.4 is 25.6 Å². The Morgan fingerprint density at radius 1 is 0.268 bits per heavy atom. The first-order valence-corrected chi connectivity index (χ1v) is 27.7. The standard InChI is InChI=1S/C68H41NSSi/c1-7-25-51-43(19-1)44-20-2-8-26-52(44)67(51)53-27-9-3-21-45(53)50-40-58-60(41-57(50)67)69(59-31-13-10-28-54(59)68(58)55-29-11-14-32-61(55)70-62-33-15-12-30-56(62)68)42-37-38-49-48-24-6-18-36-65(48)71(66(49)39-42)63-34-16-4-22-46(63)47-23-5-17-35-64(47)71/h1-41H. The largest absolute Gasteiger partial charge is 0.310 e. The molecule has 0 fully saturated rings. The summed E-state index contributed by atoms with van der Waals surface area (Å²) in [6.45, 7) is 0. The SMILES string of the molecule is c1ccc2c(c1)Sc1ccccc1C21c2ccccc2N(c2ccc3c(c2)[Si]2(c4ccccc4-c4ccccc42)c2ccccc2-3)c2cc3c(cc21)-c1ccccc1C31c2ccccc2-c2ccccc21. The molecule has 11 aromatic rings. The third kappa shape index (κ3) is 4.41. The van der Waals surface area contributed by atoms with Gasteiger partial charge in [0.2, 0.25) is 0 Å². The molecule has 3 heteroatoms. The fourth-order valence-electron chi connectivity index (χ4n) is 14.9. The van der Waals surface area contributed by atoms with Gasteiger partial charge in [-0.1, -0.05) is 218 Å². The monoisotopic (exact) mass is 931 g/mol. The Morgan fingerprint density at radius 2 is 0.676 bits per heavy atom. The van der Waals surface area contributed by atoms with Gasteiger partial charge in [-0.25, -0.2) is 0 Å². The highest BCUT2D eigenvalue weighted by Gasteiger charge is 2.57. The number of para-hydroxylation sites is 1. The van der Waals surface area contributed by atoms with Crippen molar-refractivity contribution in [3.05, 3.63) is 293 Å². The molecule has 0 N–H and O–H groups in total. The number of nitrogens with zero attached hydrogens (tertiary/aromatic N) is 1. The number of hydrogen-bond acceptors (Lipinski definition) is 2. The van der Waals surface area contributed by atoms with E-state index < -0.39 is 18.9 Å². The molecule has 4 heterocycles. The molecule has 0 atom stereocenters.